The van der Waals surface area contributed by atoms with Crippen molar-refractivity contribution in [2.75, 3.05) is 32.8 Å². The Kier molecular flexibility index (Phi) is 4.99. The Morgan fingerprint density at radius 3 is 2.50 bits per heavy atom. The van der Waals surface area contributed by atoms with E-state index in [1.54, 1.807) is 17.0 Å². The quantitative estimate of drug-likeness (QED) is 0.856. The van der Waals surface area contributed by atoms with E-state index in [0.29, 0.717) is 19.1 Å². The third kappa shape index (κ3) is 3.67. The maximum Gasteiger partial charge on any atom is 0.260 e. The van der Waals surface area contributed by atoms with Crippen LogP contribution in [0.3, 0.4) is 0 Å². The van der Waals surface area contributed by atoms with E-state index in [1.165, 1.54) is 12.1 Å². The predicted octanol–water partition coefficient (Wildman–Crippen LogP) is 0.613. The monoisotopic (exact) mass is 335 g/mol. The zero-order chi connectivity index (χ0) is 17.1. The molecule has 6 nitrogen and oxygen atoms in total. The summed E-state index contributed by atoms with van der Waals surface area (Å²) in [5.41, 5.74) is 5.34. The zero-order valence-corrected chi connectivity index (χ0v) is 13.5. The molecule has 0 spiro atoms. The lowest BCUT2D eigenvalue weighted by atomic mass is 9.94. The van der Waals surface area contributed by atoms with Gasteiger partial charge in [0.25, 0.3) is 5.91 Å². The van der Waals surface area contributed by atoms with E-state index in [4.69, 9.17) is 10.5 Å². The molecule has 1 aromatic carbocycles. The van der Waals surface area contributed by atoms with E-state index in [0.717, 1.165) is 25.9 Å². The first kappa shape index (κ1) is 16.7. The van der Waals surface area contributed by atoms with Crippen molar-refractivity contribution in [1.29, 1.82) is 0 Å². The molecule has 2 aliphatic rings. The number of amides is 2. The first-order valence-corrected chi connectivity index (χ1v) is 8.23. The molecule has 130 valence electrons. The topological polar surface area (TPSA) is 75.9 Å². The van der Waals surface area contributed by atoms with E-state index in [-0.39, 0.29) is 30.1 Å². The number of rotatable bonds is 5. The predicted molar refractivity (Wildman–Crippen MR) is 85.8 cm³/mol. The highest BCUT2D eigenvalue weighted by atomic mass is 19.1. The van der Waals surface area contributed by atoms with Gasteiger partial charge in [-0.1, -0.05) is 12.1 Å². The third-order valence-corrected chi connectivity index (χ3v) is 4.85. The summed E-state index contributed by atoms with van der Waals surface area (Å²) in [6.07, 6.45) is 1.58. The zero-order valence-electron chi connectivity index (χ0n) is 13.5. The number of nitrogens with two attached hydrogens (primary N) is 1. The summed E-state index contributed by atoms with van der Waals surface area (Å²) in [6, 6.07) is 6.37. The number of primary amides is 1. The molecule has 1 aromatic rings. The number of piperidine rings is 1. The average Bonchev–Trinajstić information content (AvgIpc) is 2.53. The van der Waals surface area contributed by atoms with E-state index < -0.39 is 5.82 Å². The molecule has 0 unspecified atom stereocenters. The summed E-state index contributed by atoms with van der Waals surface area (Å²) in [7, 11) is 0. The molecule has 0 radical (unpaired) electrons. The second kappa shape index (κ2) is 7.17. The summed E-state index contributed by atoms with van der Waals surface area (Å²) in [6.45, 7) is 2.83. The fraction of sp³-hybridized carbons (Fsp3) is 0.529. The van der Waals surface area contributed by atoms with E-state index in [9.17, 15) is 14.0 Å². The molecule has 2 fully saturated rings. The Hall–Kier alpha value is -2.15. The molecule has 2 heterocycles. The van der Waals surface area contributed by atoms with Crippen LogP contribution in [0, 0.1) is 11.7 Å². The summed E-state index contributed by atoms with van der Waals surface area (Å²) in [5.74, 6) is -0.749. The lowest BCUT2D eigenvalue weighted by Crippen LogP contribution is -2.63. The molecule has 0 atom stereocenters. The van der Waals surface area contributed by atoms with Crippen LogP contribution < -0.4 is 10.5 Å². The van der Waals surface area contributed by atoms with Gasteiger partial charge < -0.3 is 15.4 Å². The number of para-hydroxylation sites is 1. The maximum absolute atomic E-state index is 13.4. The van der Waals surface area contributed by atoms with Gasteiger partial charge in [-0.25, -0.2) is 4.39 Å². The Bertz CT molecular complexity index is 611. The van der Waals surface area contributed by atoms with Gasteiger partial charge in [-0.3, -0.25) is 14.5 Å². The molecule has 0 bridgehead atoms. The minimum atomic E-state index is -0.468. The molecule has 24 heavy (non-hydrogen) atoms. The second-order valence-corrected chi connectivity index (χ2v) is 6.38. The SMILES string of the molecule is NC(=O)C1CCN(C2CN(C(=O)COc3ccccc3F)C2)CC1. The van der Waals surface area contributed by atoms with Gasteiger partial charge in [-0.2, -0.15) is 0 Å². The van der Waals surface area contributed by atoms with Crippen LogP contribution in [-0.2, 0) is 9.59 Å². The molecule has 2 amide bonds. The van der Waals surface area contributed by atoms with Crippen molar-refractivity contribution in [2.45, 2.75) is 18.9 Å². The van der Waals surface area contributed by atoms with Crippen molar-refractivity contribution in [2.24, 2.45) is 11.7 Å². The number of hydrogen-bond acceptors (Lipinski definition) is 4. The summed E-state index contributed by atoms with van der Waals surface area (Å²) in [5, 5.41) is 0. The van der Waals surface area contributed by atoms with Crippen LogP contribution in [0.2, 0.25) is 0 Å². The van der Waals surface area contributed by atoms with Crippen LogP contribution in [0.15, 0.2) is 24.3 Å². The van der Waals surface area contributed by atoms with Crippen LogP contribution in [-0.4, -0.2) is 60.4 Å². The van der Waals surface area contributed by atoms with E-state index >= 15 is 0 Å². The molecule has 2 N–H and O–H groups in total. The first-order valence-electron chi connectivity index (χ1n) is 8.23. The Morgan fingerprint density at radius 2 is 1.88 bits per heavy atom. The van der Waals surface area contributed by atoms with E-state index in [2.05, 4.69) is 4.90 Å². The van der Waals surface area contributed by atoms with Crippen LogP contribution >= 0.6 is 0 Å². The summed E-state index contributed by atoms with van der Waals surface area (Å²) >= 11 is 0. The largest absolute Gasteiger partial charge is 0.481 e. The number of ether oxygens (including phenoxy) is 1. The van der Waals surface area contributed by atoms with Crippen molar-refractivity contribution < 1.29 is 18.7 Å². The van der Waals surface area contributed by atoms with Crippen LogP contribution in [0.1, 0.15) is 12.8 Å². The number of carbonyl (C=O) groups excluding carboxylic acids is 2. The van der Waals surface area contributed by atoms with Gasteiger partial charge >= 0.3 is 0 Å². The van der Waals surface area contributed by atoms with Crippen molar-refractivity contribution in [3.63, 3.8) is 0 Å². The van der Waals surface area contributed by atoms with Gasteiger partial charge in [0.15, 0.2) is 18.2 Å². The highest BCUT2D eigenvalue weighted by Crippen LogP contribution is 2.23. The molecule has 7 heteroatoms. The smallest absolute Gasteiger partial charge is 0.260 e. The number of nitrogens with zero attached hydrogens (tertiary/aromatic N) is 2. The second-order valence-electron chi connectivity index (χ2n) is 6.38. The van der Waals surface area contributed by atoms with Gasteiger partial charge in [0, 0.05) is 25.0 Å². The van der Waals surface area contributed by atoms with Crippen molar-refractivity contribution in [1.82, 2.24) is 9.80 Å². The van der Waals surface area contributed by atoms with Gasteiger partial charge in [-0.05, 0) is 38.1 Å². The average molecular weight is 335 g/mol. The molecule has 3 rings (SSSR count). The highest BCUT2D eigenvalue weighted by molar-refractivity contribution is 5.79. The molecule has 0 aliphatic carbocycles. The van der Waals surface area contributed by atoms with Crippen LogP contribution in [0.25, 0.3) is 0 Å². The van der Waals surface area contributed by atoms with Crippen LogP contribution in [0.5, 0.6) is 5.75 Å². The molecular formula is C17H22FN3O3. The summed E-state index contributed by atoms with van der Waals surface area (Å²) < 4.78 is 18.7. The fourth-order valence-electron chi connectivity index (χ4n) is 3.23. The lowest BCUT2D eigenvalue weighted by molar-refractivity contribution is -0.141. The Balaban J connectivity index is 1.39. The minimum absolute atomic E-state index is 0.0202. The maximum atomic E-state index is 13.4. The van der Waals surface area contributed by atoms with Crippen molar-refractivity contribution >= 4 is 11.8 Å². The third-order valence-electron chi connectivity index (χ3n) is 4.85. The number of benzene rings is 1. The first-order chi connectivity index (χ1) is 11.5. The van der Waals surface area contributed by atoms with Gasteiger partial charge in [0.2, 0.25) is 5.91 Å². The number of likely N-dealkylation sites (tertiary alicyclic amines) is 2. The standard InChI is InChI=1S/C17H22FN3O3/c18-14-3-1-2-4-15(14)24-11-16(22)21-9-13(10-21)20-7-5-12(6-8-20)17(19)23/h1-4,12-13H,5-11H2,(H2,19,23). The van der Waals surface area contributed by atoms with Gasteiger partial charge in [0.05, 0.1) is 0 Å². The lowest BCUT2D eigenvalue weighted by Gasteiger charge is -2.47. The molecular weight excluding hydrogens is 313 g/mol. The normalized spacial score (nSPS) is 19.8. The molecule has 2 saturated heterocycles. The minimum Gasteiger partial charge on any atom is -0.481 e. The molecule has 0 saturated carbocycles. The Labute approximate surface area is 140 Å². The number of carbonyl (C=O) groups is 2. The van der Waals surface area contributed by atoms with Gasteiger partial charge in [-0.15, -0.1) is 0 Å². The summed E-state index contributed by atoms with van der Waals surface area (Å²) in [4.78, 5) is 27.3. The van der Waals surface area contributed by atoms with E-state index in [1.807, 2.05) is 0 Å². The van der Waals surface area contributed by atoms with Crippen molar-refractivity contribution in [3.8, 4) is 5.75 Å². The highest BCUT2D eigenvalue weighted by Gasteiger charge is 2.37. The molecule has 0 aromatic heterocycles. The van der Waals surface area contributed by atoms with Crippen LogP contribution in [0.4, 0.5) is 4.39 Å². The number of halogens is 1. The fourth-order valence-corrected chi connectivity index (χ4v) is 3.23. The van der Waals surface area contributed by atoms with Gasteiger partial charge in [0.1, 0.15) is 0 Å². The number of hydrogen-bond donors (Lipinski definition) is 1. The molecule has 2 aliphatic heterocycles. The van der Waals surface area contributed by atoms with Crippen molar-refractivity contribution in [3.05, 3.63) is 30.1 Å². The Morgan fingerprint density at radius 1 is 1.21 bits per heavy atom.